The van der Waals surface area contributed by atoms with Crippen LogP contribution in [0.4, 0.5) is 5.95 Å². The molecule has 0 amide bonds. The first-order valence-electron chi connectivity index (χ1n) is 8.09. The normalized spacial score (nSPS) is 11.2. The number of nitrogens with zero attached hydrogens (tertiary/aromatic N) is 4. The molecule has 8 heteroatoms. The van der Waals surface area contributed by atoms with Crippen molar-refractivity contribution in [3.8, 4) is 0 Å². The number of benzene rings is 1. The molecule has 0 atom stereocenters. The van der Waals surface area contributed by atoms with Crippen molar-refractivity contribution < 1.29 is 5.11 Å². The summed E-state index contributed by atoms with van der Waals surface area (Å²) in [6.45, 7) is 1.03. The van der Waals surface area contributed by atoms with Gasteiger partial charge in [0.1, 0.15) is 0 Å². The van der Waals surface area contributed by atoms with Crippen LogP contribution in [0.2, 0.25) is 0 Å². The van der Waals surface area contributed by atoms with Crippen LogP contribution in [0.5, 0.6) is 0 Å². The highest BCUT2D eigenvalue weighted by Crippen LogP contribution is 2.17. The second kappa shape index (κ2) is 6.94. The van der Waals surface area contributed by atoms with Gasteiger partial charge in [-0.25, -0.2) is 4.79 Å². The van der Waals surface area contributed by atoms with Crippen molar-refractivity contribution in [2.24, 2.45) is 14.1 Å². The van der Waals surface area contributed by atoms with Crippen molar-refractivity contribution in [1.29, 1.82) is 0 Å². The average molecular weight is 343 g/mol. The summed E-state index contributed by atoms with van der Waals surface area (Å²) in [4.78, 5) is 29.3. The number of aliphatic hydroxyl groups is 1. The Morgan fingerprint density at radius 1 is 1.12 bits per heavy atom. The molecule has 25 heavy (non-hydrogen) atoms. The lowest BCUT2D eigenvalue weighted by Gasteiger charge is -2.10. The number of aliphatic hydroxyl groups excluding tert-OH is 1. The number of hydrogen-bond acceptors (Lipinski definition) is 5. The fourth-order valence-electron chi connectivity index (χ4n) is 2.78. The zero-order valence-corrected chi connectivity index (χ0v) is 14.3. The topological polar surface area (TPSA) is 94.1 Å². The summed E-state index contributed by atoms with van der Waals surface area (Å²) in [7, 11) is 3.06. The number of nitrogens with one attached hydrogen (secondary N) is 1. The third-order valence-electron chi connectivity index (χ3n) is 4.15. The minimum atomic E-state index is -0.413. The van der Waals surface area contributed by atoms with Crippen LogP contribution in [0.15, 0.2) is 39.9 Å². The van der Waals surface area contributed by atoms with Crippen LogP contribution in [0.1, 0.15) is 12.0 Å². The van der Waals surface area contributed by atoms with E-state index in [-0.39, 0.29) is 12.2 Å². The molecule has 0 aliphatic carbocycles. The molecular weight excluding hydrogens is 322 g/mol. The molecule has 0 radical (unpaired) electrons. The Kier molecular flexibility index (Phi) is 4.71. The molecule has 3 rings (SSSR count). The molecule has 2 aromatic heterocycles. The second-order valence-electron chi connectivity index (χ2n) is 5.89. The smallest absolute Gasteiger partial charge is 0.332 e. The summed E-state index contributed by atoms with van der Waals surface area (Å²) in [5.41, 5.74) is 0.943. The Morgan fingerprint density at radius 3 is 2.52 bits per heavy atom. The molecule has 132 valence electrons. The van der Waals surface area contributed by atoms with Crippen LogP contribution < -0.4 is 16.6 Å². The lowest BCUT2D eigenvalue weighted by Crippen LogP contribution is -2.37. The first-order chi connectivity index (χ1) is 12.0. The number of hydrogen-bond donors (Lipinski definition) is 2. The summed E-state index contributed by atoms with van der Waals surface area (Å²) in [6.07, 6.45) is 0.561. The van der Waals surface area contributed by atoms with E-state index in [2.05, 4.69) is 10.3 Å². The predicted octanol–water partition coefficient (Wildman–Crippen LogP) is 0.276. The molecule has 0 fully saturated rings. The van der Waals surface area contributed by atoms with Gasteiger partial charge in [-0.15, -0.1) is 0 Å². The maximum Gasteiger partial charge on any atom is 0.332 e. The van der Waals surface area contributed by atoms with E-state index in [1.807, 2.05) is 30.3 Å². The Balaban J connectivity index is 2.20. The van der Waals surface area contributed by atoms with Crippen molar-refractivity contribution in [3.05, 3.63) is 56.7 Å². The summed E-state index contributed by atoms with van der Waals surface area (Å²) < 4.78 is 4.24. The highest BCUT2D eigenvalue weighted by Gasteiger charge is 2.19. The number of anilines is 1. The van der Waals surface area contributed by atoms with E-state index >= 15 is 0 Å². The first kappa shape index (κ1) is 17.0. The van der Waals surface area contributed by atoms with Crippen LogP contribution in [0.25, 0.3) is 11.2 Å². The molecule has 0 unspecified atom stereocenters. The summed E-state index contributed by atoms with van der Waals surface area (Å²) in [5.74, 6) is 0.505. The van der Waals surface area contributed by atoms with Crippen molar-refractivity contribution in [1.82, 2.24) is 18.7 Å². The van der Waals surface area contributed by atoms with Crippen molar-refractivity contribution in [2.75, 3.05) is 18.5 Å². The van der Waals surface area contributed by atoms with Crippen LogP contribution in [0, 0.1) is 0 Å². The average Bonchev–Trinajstić information content (AvgIpc) is 2.98. The molecule has 8 nitrogen and oxygen atoms in total. The molecule has 2 heterocycles. The monoisotopic (exact) mass is 343 g/mol. The maximum atomic E-state index is 12.7. The Labute approximate surface area is 144 Å². The number of aryl methyl sites for hydroxylation is 1. The highest BCUT2D eigenvalue weighted by atomic mass is 16.3. The van der Waals surface area contributed by atoms with Gasteiger partial charge in [-0.05, 0) is 12.0 Å². The van der Waals surface area contributed by atoms with Gasteiger partial charge < -0.3 is 10.4 Å². The summed E-state index contributed by atoms with van der Waals surface area (Å²) >= 11 is 0. The first-order valence-corrected chi connectivity index (χ1v) is 8.09. The molecule has 0 aliphatic rings. The van der Waals surface area contributed by atoms with Gasteiger partial charge in [0, 0.05) is 27.2 Å². The summed E-state index contributed by atoms with van der Waals surface area (Å²) in [6, 6.07) is 9.73. The maximum absolute atomic E-state index is 12.7. The van der Waals surface area contributed by atoms with Crippen LogP contribution in [-0.2, 0) is 20.6 Å². The van der Waals surface area contributed by atoms with E-state index in [9.17, 15) is 9.59 Å². The van der Waals surface area contributed by atoms with Crippen molar-refractivity contribution in [2.45, 2.75) is 13.0 Å². The third kappa shape index (κ3) is 3.08. The Bertz CT molecular complexity index is 1000. The zero-order valence-electron chi connectivity index (χ0n) is 14.3. The fourth-order valence-corrected chi connectivity index (χ4v) is 2.78. The van der Waals surface area contributed by atoms with E-state index < -0.39 is 5.69 Å². The van der Waals surface area contributed by atoms with Gasteiger partial charge in [-0.1, -0.05) is 30.3 Å². The van der Waals surface area contributed by atoms with Crippen LogP contribution in [0.3, 0.4) is 0 Å². The van der Waals surface area contributed by atoms with Gasteiger partial charge in [-0.3, -0.25) is 18.5 Å². The van der Waals surface area contributed by atoms with Gasteiger partial charge in [0.25, 0.3) is 5.56 Å². The lowest BCUT2D eigenvalue weighted by molar-refractivity contribution is 0.292. The molecule has 3 aromatic rings. The molecule has 0 bridgehead atoms. The lowest BCUT2D eigenvalue weighted by atomic mass is 10.2. The molecule has 1 aromatic carbocycles. The van der Waals surface area contributed by atoms with Gasteiger partial charge in [0.2, 0.25) is 5.95 Å². The van der Waals surface area contributed by atoms with Crippen LogP contribution >= 0.6 is 0 Å². The fraction of sp³-hybridized carbons (Fsp3) is 0.353. The Morgan fingerprint density at radius 2 is 1.84 bits per heavy atom. The zero-order chi connectivity index (χ0) is 18.0. The Hall–Kier alpha value is -2.87. The number of imidazole rings is 1. The van der Waals surface area contributed by atoms with E-state index in [4.69, 9.17) is 5.11 Å². The minimum absolute atomic E-state index is 0.0617. The van der Waals surface area contributed by atoms with Gasteiger partial charge in [0.05, 0.1) is 6.54 Å². The second-order valence-corrected chi connectivity index (χ2v) is 5.89. The SMILES string of the molecule is Cn1c(=O)c2c(nc(NCCCO)n2Cc2ccccc2)n(C)c1=O. The molecular formula is C17H21N5O3. The molecule has 0 saturated carbocycles. The molecule has 2 N–H and O–H groups in total. The number of aromatic nitrogens is 4. The molecule has 0 saturated heterocycles. The van der Waals surface area contributed by atoms with Crippen molar-refractivity contribution in [3.63, 3.8) is 0 Å². The molecule has 0 spiro atoms. The number of fused-ring (bicyclic) bond motifs is 1. The van der Waals surface area contributed by atoms with Gasteiger partial charge in [-0.2, -0.15) is 4.98 Å². The largest absolute Gasteiger partial charge is 0.396 e. The number of rotatable bonds is 6. The van der Waals surface area contributed by atoms with E-state index in [1.54, 1.807) is 11.6 Å². The highest BCUT2D eigenvalue weighted by molar-refractivity contribution is 5.74. The van der Waals surface area contributed by atoms with Crippen molar-refractivity contribution >= 4 is 17.1 Å². The van der Waals surface area contributed by atoms with Crippen LogP contribution in [-0.4, -0.2) is 36.9 Å². The van der Waals surface area contributed by atoms with E-state index in [1.165, 1.54) is 11.6 Å². The predicted molar refractivity (Wildman–Crippen MR) is 96.0 cm³/mol. The third-order valence-corrected chi connectivity index (χ3v) is 4.15. The van der Waals surface area contributed by atoms with Gasteiger partial charge >= 0.3 is 5.69 Å². The standard InChI is InChI=1S/C17H21N5O3/c1-20-14-13(15(24)21(2)17(20)25)22(11-12-7-4-3-5-8-12)16(19-14)18-9-6-10-23/h3-5,7-8,23H,6,9-11H2,1-2H3,(H,18,19). The van der Waals surface area contributed by atoms with E-state index in [0.717, 1.165) is 10.1 Å². The van der Waals surface area contributed by atoms with E-state index in [0.29, 0.717) is 36.6 Å². The van der Waals surface area contributed by atoms with Gasteiger partial charge in [0.15, 0.2) is 11.2 Å². The summed E-state index contributed by atoms with van der Waals surface area (Å²) in [5, 5.41) is 12.1. The quantitative estimate of drug-likeness (QED) is 0.627. The molecule has 0 aliphatic heterocycles. The minimum Gasteiger partial charge on any atom is -0.396 e.